The molecule has 0 saturated heterocycles. The van der Waals surface area contributed by atoms with E-state index in [1.165, 1.54) is 4.31 Å². The lowest BCUT2D eigenvalue weighted by atomic mass is 9.95. The maximum Gasteiger partial charge on any atom is 0.244 e. The first-order valence-electron chi connectivity index (χ1n) is 10.4. The largest absolute Gasteiger partial charge is 0.351 e. The molecular weight excluding hydrogens is 444 g/mol. The monoisotopic (exact) mass is 468 g/mol. The second kappa shape index (κ2) is 9.06. The molecule has 1 amide bonds. The number of hydrogen-bond acceptors (Lipinski definition) is 3. The summed E-state index contributed by atoms with van der Waals surface area (Å²) in [5, 5.41) is 3.53. The minimum Gasteiger partial charge on any atom is -0.351 e. The lowest BCUT2D eigenvalue weighted by Gasteiger charge is -2.35. The number of nitrogens with zero attached hydrogens (tertiary/aromatic N) is 1. The van der Waals surface area contributed by atoms with Crippen LogP contribution >= 0.6 is 11.6 Å². The fourth-order valence-electron chi connectivity index (χ4n) is 4.00. The molecule has 1 atom stereocenters. The second-order valence-electron chi connectivity index (χ2n) is 8.15. The van der Waals surface area contributed by atoms with Crippen molar-refractivity contribution in [3.8, 4) is 0 Å². The Balaban J connectivity index is 1.67. The molecule has 0 bridgehead atoms. The van der Waals surface area contributed by atoms with E-state index < -0.39 is 16.1 Å². The number of fused-ring (bicyclic) bond motifs is 1. The molecule has 1 unspecified atom stereocenters. The zero-order valence-corrected chi connectivity index (χ0v) is 19.6. The van der Waals surface area contributed by atoms with E-state index in [4.69, 9.17) is 11.6 Å². The number of hydrogen-bond donors (Lipinski definition) is 1. The summed E-state index contributed by atoms with van der Waals surface area (Å²) < 4.78 is 28.8. The highest BCUT2D eigenvalue weighted by Gasteiger charge is 2.40. The Bertz CT molecular complexity index is 1260. The third kappa shape index (κ3) is 4.58. The molecule has 0 aliphatic carbocycles. The SMILES string of the molecule is Cc1ccc(C)c(S(=O)(=O)N2Cc3ccccc3CC2C(=O)NCc2ccc(Cl)cc2)c1. The summed E-state index contributed by atoms with van der Waals surface area (Å²) in [5.41, 5.74) is 4.32. The summed E-state index contributed by atoms with van der Waals surface area (Å²) in [6.07, 6.45) is 0.326. The van der Waals surface area contributed by atoms with Crippen molar-refractivity contribution in [2.45, 2.75) is 44.3 Å². The standard InChI is InChI=1S/C25H25ClN2O3S/c1-17-7-8-18(2)24(13-17)32(30,31)28-16-21-6-4-3-5-20(21)14-23(28)25(29)27-15-19-9-11-22(26)12-10-19/h3-13,23H,14-16H2,1-2H3,(H,27,29). The number of halogens is 1. The lowest BCUT2D eigenvalue weighted by molar-refractivity contribution is -0.125. The van der Waals surface area contributed by atoms with Crippen LogP contribution in [0.3, 0.4) is 0 Å². The van der Waals surface area contributed by atoms with Gasteiger partial charge in [0.2, 0.25) is 15.9 Å². The molecular formula is C25H25ClN2O3S. The van der Waals surface area contributed by atoms with E-state index in [1.54, 1.807) is 31.2 Å². The molecule has 5 nitrogen and oxygen atoms in total. The van der Waals surface area contributed by atoms with Crippen LogP contribution in [-0.2, 0) is 34.3 Å². The molecule has 166 valence electrons. The zero-order valence-electron chi connectivity index (χ0n) is 18.0. The summed E-state index contributed by atoms with van der Waals surface area (Å²) in [6.45, 7) is 4.09. The first-order chi connectivity index (χ1) is 15.3. The highest BCUT2D eigenvalue weighted by Crippen LogP contribution is 2.31. The van der Waals surface area contributed by atoms with Crippen LogP contribution in [0.1, 0.15) is 27.8 Å². The van der Waals surface area contributed by atoms with Crippen LogP contribution < -0.4 is 5.32 Å². The van der Waals surface area contributed by atoms with Crippen LogP contribution in [0.2, 0.25) is 5.02 Å². The Morgan fingerprint density at radius 1 is 1.03 bits per heavy atom. The minimum absolute atomic E-state index is 0.158. The Labute approximate surface area is 194 Å². The molecule has 7 heteroatoms. The van der Waals surface area contributed by atoms with Gasteiger partial charge in [0.1, 0.15) is 6.04 Å². The number of carbonyl (C=O) groups is 1. The number of benzene rings is 3. The predicted molar refractivity (Wildman–Crippen MR) is 126 cm³/mol. The lowest BCUT2D eigenvalue weighted by Crippen LogP contribution is -2.52. The van der Waals surface area contributed by atoms with Crippen LogP contribution in [0.4, 0.5) is 0 Å². The van der Waals surface area contributed by atoms with E-state index in [0.717, 1.165) is 22.3 Å². The Morgan fingerprint density at radius 2 is 1.72 bits per heavy atom. The van der Waals surface area contributed by atoms with Gasteiger partial charge in [0.25, 0.3) is 0 Å². The van der Waals surface area contributed by atoms with E-state index in [-0.39, 0.29) is 17.3 Å². The molecule has 1 N–H and O–H groups in total. The van der Waals surface area contributed by atoms with E-state index in [1.807, 2.05) is 49.4 Å². The molecule has 0 saturated carbocycles. The molecule has 0 spiro atoms. The van der Waals surface area contributed by atoms with E-state index in [0.29, 0.717) is 23.6 Å². The number of amides is 1. The van der Waals surface area contributed by atoms with Gasteiger partial charge in [-0.15, -0.1) is 0 Å². The number of aryl methyl sites for hydroxylation is 2. The third-order valence-electron chi connectivity index (χ3n) is 5.82. The van der Waals surface area contributed by atoms with Crippen molar-refractivity contribution in [2.24, 2.45) is 0 Å². The van der Waals surface area contributed by atoms with Gasteiger partial charge < -0.3 is 5.32 Å². The van der Waals surface area contributed by atoms with Gasteiger partial charge in [0, 0.05) is 18.1 Å². The number of nitrogens with one attached hydrogen (secondary N) is 1. The van der Waals surface area contributed by atoms with Gasteiger partial charge in [-0.3, -0.25) is 4.79 Å². The van der Waals surface area contributed by atoms with Crippen molar-refractivity contribution < 1.29 is 13.2 Å². The Hall–Kier alpha value is -2.67. The van der Waals surface area contributed by atoms with Crippen LogP contribution in [0.5, 0.6) is 0 Å². The highest BCUT2D eigenvalue weighted by molar-refractivity contribution is 7.89. The second-order valence-corrected chi connectivity index (χ2v) is 10.4. The van der Waals surface area contributed by atoms with Gasteiger partial charge >= 0.3 is 0 Å². The molecule has 1 heterocycles. The number of sulfonamides is 1. The summed E-state index contributed by atoms with van der Waals surface area (Å²) in [6, 6.07) is 19.4. The van der Waals surface area contributed by atoms with Crippen LogP contribution in [-0.4, -0.2) is 24.7 Å². The van der Waals surface area contributed by atoms with Crippen molar-refractivity contribution in [2.75, 3.05) is 0 Å². The molecule has 3 aromatic carbocycles. The first-order valence-corrected chi connectivity index (χ1v) is 12.3. The molecule has 32 heavy (non-hydrogen) atoms. The Morgan fingerprint density at radius 3 is 2.44 bits per heavy atom. The summed E-state index contributed by atoms with van der Waals surface area (Å²) in [4.78, 5) is 13.5. The normalized spacial score (nSPS) is 16.4. The first kappa shape index (κ1) is 22.5. The van der Waals surface area contributed by atoms with Crippen molar-refractivity contribution >= 4 is 27.5 Å². The third-order valence-corrected chi connectivity index (χ3v) is 8.07. The fraction of sp³-hybridized carbons (Fsp3) is 0.240. The minimum atomic E-state index is -3.89. The molecule has 0 radical (unpaired) electrons. The molecule has 4 rings (SSSR count). The van der Waals surface area contributed by atoms with Gasteiger partial charge in [-0.1, -0.05) is 60.1 Å². The fourth-order valence-corrected chi connectivity index (χ4v) is 6.00. The smallest absolute Gasteiger partial charge is 0.244 e. The topological polar surface area (TPSA) is 66.5 Å². The van der Waals surface area contributed by atoms with Crippen molar-refractivity contribution in [3.05, 3.63) is 99.6 Å². The zero-order chi connectivity index (χ0) is 22.9. The quantitative estimate of drug-likeness (QED) is 0.604. The van der Waals surface area contributed by atoms with Crippen molar-refractivity contribution in [1.29, 1.82) is 0 Å². The van der Waals surface area contributed by atoms with Crippen molar-refractivity contribution in [3.63, 3.8) is 0 Å². The summed E-state index contributed by atoms with van der Waals surface area (Å²) >= 11 is 5.93. The predicted octanol–water partition coefficient (Wildman–Crippen LogP) is 4.39. The molecule has 1 aliphatic heterocycles. The number of carbonyl (C=O) groups excluding carboxylic acids is 1. The molecule has 0 fully saturated rings. The van der Waals surface area contributed by atoms with Gasteiger partial charge in [0.05, 0.1) is 4.90 Å². The molecule has 1 aliphatic rings. The van der Waals surface area contributed by atoms with Gasteiger partial charge in [-0.2, -0.15) is 4.31 Å². The number of rotatable bonds is 5. The average molecular weight is 469 g/mol. The Kier molecular flexibility index (Phi) is 6.38. The van der Waals surface area contributed by atoms with E-state index >= 15 is 0 Å². The highest BCUT2D eigenvalue weighted by atomic mass is 35.5. The van der Waals surface area contributed by atoms with Gasteiger partial charge in [-0.05, 0) is 66.3 Å². The maximum atomic E-state index is 13.7. The maximum absolute atomic E-state index is 13.7. The van der Waals surface area contributed by atoms with Gasteiger partial charge in [-0.25, -0.2) is 8.42 Å². The molecule has 3 aromatic rings. The van der Waals surface area contributed by atoms with Crippen molar-refractivity contribution in [1.82, 2.24) is 9.62 Å². The van der Waals surface area contributed by atoms with E-state index in [2.05, 4.69) is 5.32 Å². The van der Waals surface area contributed by atoms with Crippen LogP contribution in [0.25, 0.3) is 0 Å². The van der Waals surface area contributed by atoms with E-state index in [9.17, 15) is 13.2 Å². The average Bonchev–Trinajstić information content (AvgIpc) is 2.79. The van der Waals surface area contributed by atoms with Crippen LogP contribution in [0, 0.1) is 13.8 Å². The summed E-state index contributed by atoms with van der Waals surface area (Å²) in [5.74, 6) is -0.316. The molecule has 0 aromatic heterocycles. The van der Waals surface area contributed by atoms with Gasteiger partial charge in [0.15, 0.2) is 0 Å². The summed E-state index contributed by atoms with van der Waals surface area (Å²) in [7, 11) is -3.89. The van der Waals surface area contributed by atoms with Crippen LogP contribution in [0.15, 0.2) is 71.6 Å².